The van der Waals surface area contributed by atoms with Crippen LogP contribution in [0.25, 0.3) is 75.4 Å². The number of amides is 4. The molecule has 4 amide bonds. The second-order valence-corrected chi connectivity index (χ2v) is 26.9. The molecule has 16 rings (SSSR count). The molecule has 2 aliphatic heterocycles. The van der Waals surface area contributed by atoms with Crippen LogP contribution in [0.2, 0.25) is 0 Å². The minimum absolute atomic E-state index is 0.0726. The zero-order chi connectivity index (χ0) is 69.4. The molecule has 0 saturated carbocycles. The minimum atomic E-state index is -0.517. The number of benzene rings is 14. The summed E-state index contributed by atoms with van der Waals surface area (Å²) in [7, 11) is 0. The topological polar surface area (TPSA) is 112 Å². The highest BCUT2D eigenvalue weighted by Gasteiger charge is 2.43. The summed E-state index contributed by atoms with van der Waals surface area (Å²) >= 11 is 0. The third-order valence-electron chi connectivity index (χ3n) is 19.8. The predicted octanol–water partition coefficient (Wildman–Crippen LogP) is 21.8. The van der Waals surface area contributed by atoms with E-state index < -0.39 is 23.6 Å². The number of hydrogen-bond donors (Lipinski definition) is 0. The Kier molecular flexibility index (Phi) is 14.5. The van der Waals surface area contributed by atoms with Crippen LogP contribution in [0.15, 0.2) is 182 Å². The number of imide groups is 2. The summed E-state index contributed by atoms with van der Waals surface area (Å²) in [5.41, 5.74) is 7.96. The Morgan fingerprint density at radius 3 is 0.700 bits per heavy atom. The van der Waals surface area contributed by atoms with E-state index in [0.717, 1.165) is 33.0 Å². The van der Waals surface area contributed by atoms with Gasteiger partial charge in [0.25, 0.3) is 23.6 Å². The second-order valence-electron chi connectivity index (χ2n) is 26.9. The summed E-state index contributed by atoms with van der Waals surface area (Å²) in [6, 6.07) is 55.7. The van der Waals surface area contributed by atoms with E-state index >= 15 is 19.2 Å². The van der Waals surface area contributed by atoms with Crippen molar-refractivity contribution in [1.29, 1.82) is 0 Å². The molecule has 100 heavy (non-hydrogen) atoms. The van der Waals surface area contributed by atoms with E-state index in [4.69, 9.17) is 44.6 Å². The lowest BCUT2D eigenvalue weighted by atomic mass is 9.79. The van der Waals surface area contributed by atoms with Crippen LogP contribution in [0.4, 0.5) is 11.4 Å². The highest BCUT2D eigenvalue weighted by Crippen LogP contribution is 2.58. The summed E-state index contributed by atoms with van der Waals surface area (Å²) < 4.78 is 28.8. The van der Waals surface area contributed by atoms with Crippen LogP contribution in [-0.4, -0.2) is 23.6 Å². The molecule has 14 aromatic rings. The van der Waals surface area contributed by atoms with Crippen molar-refractivity contribution in [2.24, 2.45) is 0 Å². The molecule has 0 saturated heterocycles. The molecule has 10 heteroatoms. The largest absolute Gasteiger partial charge is 0.457 e. The molecule has 14 aromatic carbocycles. The molecule has 0 atom stereocenters. The Hall–Kier alpha value is -12.9. The number of anilines is 2. The van der Waals surface area contributed by atoms with Crippen molar-refractivity contribution < 1.29 is 38.1 Å². The van der Waals surface area contributed by atoms with E-state index in [1.165, 1.54) is 9.80 Å². The van der Waals surface area contributed by atoms with E-state index in [1.807, 2.05) is 60.7 Å². The highest BCUT2D eigenvalue weighted by molar-refractivity contribution is 6.49. The summed E-state index contributed by atoms with van der Waals surface area (Å²) in [6.45, 7) is 16.4. The van der Waals surface area contributed by atoms with Crippen LogP contribution >= 0.6 is 0 Å². The van der Waals surface area contributed by atoms with Gasteiger partial charge < -0.3 is 18.9 Å². The smallest absolute Gasteiger partial charge is 0.266 e. The van der Waals surface area contributed by atoms with Gasteiger partial charge >= 0.3 is 0 Å². The third kappa shape index (κ3) is 9.41. The van der Waals surface area contributed by atoms with Gasteiger partial charge in [0.2, 0.25) is 0 Å². The fourth-order valence-electron chi connectivity index (χ4n) is 15.2. The zero-order valence-corrected chi connectivity index (χ0v) is 56.1. The van der Waals surface area contributed by atoms with E-state index in [9.17, 15) is 0 Å². The number of fused-ring (bicyclic) bond motifs is 4. The fraction of sp³-hybridized carbons (Fsp3) is 0.133. The Bertz CT molecular complexity index is 5360. The van der Waals surface area contributed by atoms with Gasteiger partial charge in [-0.25, -0.2) is 9.80 Å². The number of nitrogens with zero attached hydrogens (tertiary/aromatic N) is 2. The molecule has 0 unspecified atom stereocenters. The molecule has 0 bridgehead atoms. The second kappa shape index (κ2) is 23.5. The quantitative estimate of drug-likeness (QED) is 0.0458. The normalized spacial score (nSPS) is 13.0. The van der Waals surface area contributed by atoms with Crippen LogP contribution in [0.5, 0.6) is 46.0 Å². The lowest BCUT2D eigenvalue weighted by Gasteiger charge is -2.34. The van der Waals surface area contributed by atoms with Crippen LogP contribution in [0, 0.1) is 49.4 Å². The summed E-state index contributed by atoms with van der Waals surface area (Å²) in [5.74, 6) is 11.5. The predicted molar refractivity (Wildman–Crippen MR) is 401 cm³/mol. The van der Waals surface area contributed by atoms with Gasteiger partial charge in [0.15, 0.2) is 0 Å². The molecular formula is C90H62N2O8. The number of carbonyl (C=O) groups excluding carboxylic acids is 4. The SMILES string of the molecule is C#Cc1ccc(Oc2cc3c4c(cc(Oc5ccc(C#C)cc5)c5c6ccc7c8c(Oc9ccc(C#C)cc9)cc9c%10c(cc(Oc%11ccc(C#C)cc%11)c(c%11ccc(c2c45)c6c%117)c%108)C(=O)N(c2c(C(C)C)cccc2C(C)C)C9=O)C(=O)N(c2c(C(C)C)cccc2C(C)C)C3=O)cc1. The monoisotopic (exact) mass is 1300 g/mol. The van der Waals surface area contributed by atoms with E-state index in [0.29, 0.717) is 144 Å². The van der Waals surface area contributed by atoms with E-state index in [2.05, 4.69) is 79.1 Å². The number of hydrogen-bond acceptors (Lipinski definition) is 8. The zero-order valence-electron chi connectivity index (χ0n) is 56.1. The van der Waals surface area contributed by atoms with Crippen molar-refractivity contribution in [3.05, 3.63) is 249 Å². The van der Waals surface area contributed by atoms with Gasteiger partial charge in [-0.15, -0.1) is 25.7 Å². The van der Waals surface area contributed by atoms with E-state index in [1.54, 1.807) is 121 Å². The molecule has 0 spiro atoms. The minimum Gasteiger partial charge on any atom is -0.457 e. The lowest BCUT2D eigenvalue weighted by Crippen LogP contribution is -2.42. The lowest BCUT2D eigenvalue weighted by molar-refractivity contribution is 0.0877. The highest BCUT2D eigenvalue weighted by atomic mass is 16.5. The molecule has 0 aliphatic carbocycles. The first-order chi connectivity index (χ1) is 48.4. The Morgan fingerprint density at radius 2 is 0.500 bits per heavy atom. The third-order valence-corrected chi connectivity index (χ3v) is 19.8. The molecule has 0 aromatic heterocycles. The first kappa shape index (κ1) is 62.0. The molecule has 2 heterocycles. The molecule has 0 N–H and O–H groups in total. The average Bonchev–Trinajstić information content (AvgIpc) is 0.671. The van der Waals surface area contributed by atoms with E-state index in [-0.39, 0.29) is 45.9 Å². The Labute approximate surface area is 578 Å². The molecule has 0 radical (unpaired) electrons. The van der Waals surface area contributed by atoms with Crippen LogP contribution in [0.1, 0.15) is 165 Å². The van der Waals surface area contributed by atoms with Gasteiger partial charge in [-0.1, -0.05) is 140 Å². The number of para-hydroxylation sites is 2. The van der Waals surface area contributed by atoms with Crippen molar-refractivity contribution >= 4 is 110 Å². The molecule has 10 nitrogen and oxygen atoms in total. The van der Waals surface area contributed by atoms with Gasteiger partial charge in [-0.3, -0.25) is 19.2 Å². The molecule has 480 valence electrons. The summed E-state index contributed by atoms with van der Waals surface area (Å²) in [4.78, 5) is 67.4. The summed E-state index contributed by atoms with van der Waals surface area (Å²) in [6.07, 6.45) is 23.7. The first-order valence-corrected chi connectivity index (χ1v) is 33.4. The standard InChI is InChI=1S/C90H62N2O8/c1-13-51-23-31-55(32-24-51)97-71-43-67-77-68(88(94)91(87(67)93)85-59(47(5)6)19-17-20-60(85)48(7)8)44-72(98-56-33-25-52(14-2)26-34-56)80-64-41-42-66-76-65(40-39-63(75(64)76)79(71)83(77)80)81-73(99-57-35-27-53(15-3)28-36-57)45-69-78-70(46-74(82(66)84(78)81)100-58-37-29-54(16-4)30-38-58)90(96)92(89(69)95)86-61(49(9)10)21-18-22-62(86)50(11)12/h1-4,17-50H,5-12H3. The van der Waals surface area contributed by atoms with Crippen LogP contribution in [0.3, 0.4) is 0 Å². The van der Waals surface area contributed by atoms with Gasteiger partial charge in [0.05, 0.1) is 33.6 Å². The van der Waals surface area contributed by atoms with Crippen LogP contribution < -0.4 is 28.7 Å². The van der Waals surface area contributed by atoms with Crippen molar-refractivity contribution in [3.63, 3.8) is 0 Å². The molecule has 2 aliphatic rings. The van der Waals surface area contributed by atoms with Crippen molar-refractivity contribution in [3.8, 4) is 95.4 Å². The van der Waals surface area contributed by atoms with Gasteiger partial charge in [0, 0.05) is 65.3 Å². The van der Waals surface area contributed by atoms with Crippen LogP contribution in [-0.2, 0) is 0 Å². The number of carbonyl (C=O) groups is 4. The van der Waals surface area contributed by atoms with Gasteiger partial charge in [-0.05, 0) is 200 Å². The molecule has 0 fully saturated rings. The first-order valence-electron chi connectivity index (χ1n) is 33.4. The van der Waals surface area contributed by atoms with Crippen molar-refractivity contribution in [2.75, 3.05) is 9.80 Å². The number of rotatable bonds is 14. The fourth-order valence-corrected chi connectivity index (χ4v) is 15.2. The Balaban J connectivity index is 1.08. The maximum absolute atomic E-state index is 16.2. The maximum Gasteiger partial charge on any atom is 0.266 e. The van der Waals surface area contributed by atoms with Crippen molar-refractivity contribution in [1.82, 2.24) is 0 Å². The Morgan fingerprint density at radius 1 is 0.280 bits per heavy atom. The van der Waals surface area contributed by atoms with Gasteiger partial charge in [0.1, 0.15) is 46.0 Å². The summed E-state index contributed by atoms with van der Waals surface area (Å²) in [5, 5.41) is 8.51. The number of terminal acetylenes is 4. The van der Waals surface area contributed by atoms with Crippen molar-refractivity contribution in [2.45, 2.75) is 79.1 Å². The van der Waals surface area contributed by atoms with Gasteiger partial charge in [-0.2, -0.15) is 0 Å². The average molecular weight is 1300 g/mol. The maximum atomic E-state index is 16.2. The molecular weight excluding hydrogens is 1240 g/mol. The number of ether oxygens (including phenoxy) is 4.